The van der Waals surface area contributed by atoms with Gasteiger partial charge in [0.05, 0.1) is 11.0 Å². The van der Waals surface area contributed by atoms with Crippen LogP contribution in [0.15, 0.2) is 66.9 Å². The van der Waals surface area contributed by atoms with Crippen LogP contribution in [0.1, 0.15) is 36.5 Å². The third-order valence-corrected chi connectivity index (χ3v) is 6.18. The Morgan fingerprint density at radius 2 is 1.78 bits per heavy atom. The number of pyridine rings is 1. The SMILES string of the molecule is CCC(C(=O)NCCc1ccccn1)n1c(Cc2c(Cl)cccc2Cl)nc2ccccc21. The van der Waals surface area contributed by atoms with Crippen LogP contribution >= 0.6 is 23.2 Å². The van der Waals surface area contributed by atoms with Crippen molar-refractivity contribution in [3.63, 3.8) is 0 Å². The number of fused-ring (bicyclic) bond motifs is 1. The van der Waals surface area contributed by atoms with Gasteiger partial charge in [0.2, 0.25) is 5.91 Å². The third-order valence-electron chi connectivity index (χ3n) is 5.47. The number of halogens is 2. The Morgan fingerprint density at radius 3 is 2.50 bits per heavy atom. The van der Waals surface area contributed by atoms with Crippen LogP contribution in [0, 0.1) is 0 Å². The van der Waals surface area contributed by atoms with Crippen LogP contribution in [0.4, 0.5) is 0 Å². The first kappa shape index (κ1) is 22.3. The zero-order valence-corrected chi connectivity index (χ0v) is 19.3. The number of nitrogens with one attached hydrogen (secondary N) is 1. The number of benzene rings is 2. The molecule has 2 heterocycles. The van der Waals surface area contributed by atoms with E-state index < -0.39 is 6.04 Å². The van der Waals surface area contributed by atoms with Crippen LogP contribution in [-0.2, 0) is 17.6 Å². The van der Waals surface area contributed by atoms with E-state index in [1.807, 2.05) is 72.2 Å². The molecular weight excluding hydrogens is 443 g/mol. The van der Waals surface area contributed by atoms with Crippen molar-refractivity contribution >= 4 is 40.1 Å². The molecule has 0 saturated heterocycles. The number of amides is 1. The predicted molar refractivity (Wildman–Crippen MR) is 129 cm³/mol. The molecule has 0 radical (unpaired) electrons. The van der Waals surface area contributed by atoms with E-state index in [2.05, 4.69) is 10.3 Å². The zero-order valence-electron chi connectivity index (χ0n) is 17.8. The van der Waals surface area contributed by atoms with Gasteiger partial charge in [-0.25, -0.2) is 4.98 Å². The van der Waals surface area contributed by atoms with Crippen molar-refractivity contribution in [1.29, 1.82) is 0 Å². The van der Waals surface area contributed by atoms with Crippen LogP contribution in [0.5, 0.6) is 0 Å². The molecular formula is C25H24Cl2N4O. The van der Waals surface area contributed by atoms with Gasteiger partial charge in [-0.2, -0.15) is 0 Å². The summed E-state index contributed by atoms with van der Waals surface area (Å²) in [6, 6.07) is 18.7. The third kappa shape index (κ3) is 4.79. The standard InChI is InChI=1S/C25H24Cl2N4O/c1-2-22(25(32)29-15-13-17-8-5-6-14-28-17)31-23-12-4-3-11-21(23)30-24(31)16-18-19(26)9-7-10-20(18)27/h3-12,14,22H,2,13,15-16H2,1H3,(H,29,32). The first-order valence-electron chi connectivity index (χ1n) is 10.6. The number of carbonyl (C=O) groups excluding carboxylic acids is 1. The maximum absolute atomic E-state index is 13.2. The number of imidazole rings is 1. The highest BCUT2D eigenvalue weighted by atomic mass is 35.5. The van der Waals surface area contributed by atoms with Crippen LogP contribution in [-0.4, -0.2) is 27.0 Å². The number of hydrogen-bond donors (Lipinski definition) is 1. The molecule has 0 saturated carbocycles. The van der Waals surface area contributed by atoms with Crippen molar-refractivity contribution in [3.8, 4) is 0 Å². The van der Waals surface area contributed by atoms with Gasteiger partial charge in [-0.05, 0) is 48.4 Å². The number of carbonyl (C=O) groups is 1. The minimum atomic E-state index is -0.401. The number of para-hydroxylation sites is 2. The van der Waals surface area contributed by atoms with Crippen molar-refractivity contribution in [2.75, 3.05) is 6.54 Å². The van der Waals surface area contributed by atoms with Crippen molar-refractivity contribution in [3.05, 3.63) is 94.0 Å². The number of hydrogen-bond acceptors (Lipinski definition) is 3. The van der Waals surface area contributed by atoms with Gasteiger partial charge in [0.25, 0.3) is 0 Å². The van der Waals surface area contributed by atoms with Crippen molar-refractivity contribution in [1.82, 2.24) is 19.9 Å². The molecule has 0 aliphatic carbocycles. The molecule has 0 spiro atoms. The highest BCUT2D eigenvalue weighted by Gasteiger charge is 2.24. The summed E-state index contributed by atoms with van der Waals surface area (Å²) < 4.78 is 2.02. The molecule has 2 aromatic carbocycles. The van der Waals surface area contributed by atoms with Gasteiger partial charge in [-0.15, -0.1) is 0 Å². The van der Waals surface area contributed by atoms with Gasteiger partial charge in [-0.1, -0.05) is 54.4 Å². The van der Waals surface area contributed by atoms with Crippen molar-refractivity contribution in [2.45, 2.75) is 32.2 Å². The Morgan fingerprint density at radius 1 is 1.03 bits per heavy atom. The number of nitrogens with zero attached hydrogens (tertiary/aromatic N) is 3. The van der Waals surface area contributed by atoms with E-state index >= 15 is 0 Å². The Kier molecular flexibility index (Phi) is 7.08. The van der Waals surface area contributed by atoms with E-state index in [0.717, 1.165) is 28.1 Å². The van der Waals surface area contributed by atoms with Gasteiger partial charge in [0.15, 0.2) is 0 Å². The number of aromatic nitrogens is 3. The smallest absolute Gasteiger partial charge is 0.243 e. The summed E-state index contributed by atoms with van der Waals surface area (Å²) >= 11 is 12.9. The van der Waals surface area contributed by atoms with E-state index in [1.54, 1.807) is 6.20 Å². The van der Waals surface area contributed by atoms with Crippen LogP contribution < -0.4 is 5.32 Å². The lowest BCUT2D eigenvalue weighted by atomic mass is 10.1. The lowest BCUT2D eigenvalue weighted by molar-refractivity contribution is -0.124. The summed E-state index contributed by atoms with van der Waals surface area (Å²) in [5.74, 6) is 0.714. The monoisotopic (exact) mass is 466 g/mol. The van der Waals surface area contributed by atoms with E-state index in [4.69, 9.17) is 28.2 Å². The Hall–Kier alpha value is -2.89. The van der Waals surface area contributed by atoms with Gasteiger partial charge in [0, 0.05) is 41.3 Å². The van der Waals surface area contributed by atoms with Crippen LogP contribution in [0.2, 0.25) is 10.0 Å². The molecule has 0 aliphatic heterocycles. The predicted octanol–water partition coefficient (Wildman–Crippen LogP) is 5.64. The van der Waals surface area contributed by atoms with E-state index in [0.29, 0.717) is 35.9 Å². The molecule has 1 N–H and O–H groups in total. The van der Waals surface area contributed by atoms with Crippen molar-refractivity contribution < 1.29 is 4.79 Å². The summed E-state index contributed by atoms with van der Waals surface area (Å²) in [7, 11) is 0. The van der Waals surface area contributed by atoms with Crippen LogP contribution in [0.3, 0.4) is 0 Å². The average molecular weight is 467 g/mol. The van der Waals surface area contributed by atoms with Gasteiger partial charge < -0.3 is 9.88 Å². The van der Waals surface area contributed by atoms with Gasteiger partial charge in [0.1, 0.15) is 11.9 Å². The number of rotatable bonds is 8. The molecule has 0 fully saturated rings. The first-order chi connectivity index (χ1) is 15.6. The Labute approximate surface area is 197 Å². The van der Waals surface area contributed by atoms with E-state index in [-0.39, 0.29) is 5.91 Å². The molecule has 5 nitrogen and oxygen atoms in total. The summed E-state index contributed by atoms with van der Waals surface area (Å²) in [6.07, 6.45) is 3.50. The molecule has 1 amide bonds. The second kappa shape index (κ2) is 10.2. The fourth-order valence-corrected chi connectivity index (χ4v) is 4.42. The lowest BCUT2D eigenvalue weighted by Gasteiger charge is -2.20. The quantitative estimate of drug-likeness (QED) is 0.365. The summed E-state index contributed by atoms with van der Waals surface area (Å²) in [5, 5.41) is 4.24. The van der Waals surface area contributed by atoms with E-state index in [9.17, 15) is 4.79 Å². The molecule has 32 heavy (non-hydrogen) atoms. The van der Waals surface area contributed by atoms with Crippen LogP contribution in [0.25, 0.3) is 11.0 Å². The van der Waals surface area contributed by atoms with Crippen molar-refractivity contribution in [2.24, 2.45) is 0 Å². The molecule has 7 heteroatoms. The fraction of sp³-hybridized carbons (Fsp3) is 0.240. The molecule has 164 valence electrons. The minimum absolute atomic E-state index is 0.0434. The summed E-state index contributed by atoms with van der Waals surface area (Å²) in [5.41, 5.74) is 3.50. The second-order valence-electron chi connectivity index (χ2n) is 7.55. The zero-order chi connectivity index (χ0) is 22.5. The maximum Gasteiger partial charge on any atom is 0.243 e. The normalized spacial score (nSPS) is 12.1. The fourth-order valence-electron chi connectivity index (χ4n) is 3.89. The molecule has 0 aliphatic rings. The summed E-state index contributed by atoms with van der Waals surface area (Å²) in [6.45, 7) is 2.52. The molecule has 1 atom stereocenters. The largest absolute Gasteiger partial charge is 0.354 e. The highest BCUT2D eigenvalue weighted by Crippen LogP contribution is 2.30. The molecule has 2 aromatic heterocycles. The average Bonchev–Trinajstić information content (AvgIpc) is 3.16. The maximum atomic E-state index is 13.2. The Bertz CT molecular complexity index is 1200. The molecule has 1 unspecified atom stereocenters. The molecule has 4 aromatic rings. The van der Waals surface area contributed by atoms with Gasteiger partial charge in [-0.3, -0.25) is 9.78 Å². The molecule has 0 bridgehead atoms. The van der Waals surface area contributed by atoms with E-state index in [1.165, 1.54) is 0 Å². The first-order valence-corrected chi connectivity index (χ1v) is 11.4. The second-order valence-corrected chi connectivity index (χ2v) is 8.36. The minimum Gasteiger partial charge on any atom is -0.354 e. The van der Waals surface area contributed by atoms with Gasteiger partial charge >= 0.3 is 0 Å². The lowest BCUT2D eigenvalue weighted by Crippen LogP contribution is -2.34. The summed E-state index contributed by atoms with van der Waals surface area (Å²) in [4.78, 5) is 22.4. The molecule has 4 rings (SSSR count). The topological polar surface area (TPSA) is 59.8 Å². The highest BCUT2D eigenvalue weighted by molar-refractivity contribution is 6.36. The Balaban J connectivity index is 1.63.